The normalized spacial score (nSPS) is 13.2. The second kappa shape index (κ2) is 8.34. The molecule has 1 amide bonds. The fraction of sp³-hybridized carbons (Fsp3) is 0.333. The number of rotatable bonds is 7. The zero-order chi connectivity index (χ0) is 22.1. The minimum absolute atomic E-state index is 0.460. The summed E-state index contributed by atoms with van der Waals surface area (Å²) in [6.45, 7) is 4.41. The van der Waals surface area contributed by atoms with Crippen molar-refractivity contribution >= 4 is 22.7 Å². The largest absolute Gasteiger partial charge is 0.493 e. The summed E-state index contributed by atoms with van der Waals surface area (Å²) in [6.07, 6.45) is 2.94. The van der Waals surface area contributed by atoms with E-state index in [-0.39, 0.29) is 0 Å². The van der Waals surface area contributed by atoms with Gasteiger partial charge in [0.15, 0.2) is 11.5 Å². The van der Waals surface area contributed by atoms with Gasteiger partial charge in [-0.2, -0.15) is 0 Å². The lowest BCUT2D eigenvalue weighted by Gasteiger charge is -2.23. The van der Waals surface area contributed by atoms with Gasteiger partial charge in [-0.25, -0.2) is 4.79 Å². The van der Waals surface area contributed by atoms with Crippen LogP contribution >= 0.6 is 0 Å². The minimum atomic E-state index is -0.927. The van der Waals surface area contributed by atoms with E-state index in [4.69, 9.17) is 14.2 Å². The Balaban J connectivity index is 1.70. The Bertz CT molecular complexity index is 1140. The molecule has 1 aliphatic carbocycles. The highest BCUT2D eigenvalue weighted by molar-refractivity contribution is 5.89. The molecule has 3 aromatic rings. The van der Waals surface area contributed by atoms with E-state index in [1.165, 1.54) is 4.90 Å². The number of aromatic nitrogens is 1. The first kappa shape index (κ1) is 20.8. The van der Waals surface area contributed by atoms with Crippen LogP contribution in [0.1, 0.15) is 24.0 Å². The lowest BCUT2D eigenvalue weighted by Crippen LogP contribution is -2.32. The number of ether oxygens (including phenoxy) is 3. The fourth-order valence-corrected chi connectivity index (χ4v) is 3.68. The van der Waals surface area contributed by atoms with Gasteiger partial charge in [-0.3, -0.25) is 9.88 Å². The van der Waals surface area contributed by atoms with Crippen LogP contribution in [0.4, 0.5) is 10.5 Å². The molecule has 7 nitrogen and oxygen atoms in total. The van der Waals surface area contributed by atoms with Crippen molar-refractivity contribution < 1.29 is 24.1 Å². The molecule has 0 spiro atoms. The topological polar surface area (TPSA) is 81.1 Å². The van der Waals surface area contributed by atoms with Crippen LogP contribution in [-0.2, 0) is 0 Å². The summed E-state index contributed by atoms with van der Waals surface area (Å²) in [4.78, 5) is 17.7. The molecule has 4 rings (SSSR count). The van der Waals surface area contributed by atoms with Crippen molar-refractivity contribution in [3.05, 3.63) is 47.7 Å². The van der Waals surface area contributed by atoms with E-state index in [2.05, 4.69) is 4.98 Å². The third-order valence-corrected chi connectivity index (χ3v) is 5.80. The van der Waals surface area contributed by atoms with E-state index in [0.717, 1.165) is 34.9 Å². The first-order valence-corrected chi connectivity index (χ1v) is 10.2. The second-order valence-corrected chi connectivity index (χ2v) is 7.80. The fourth-order valence-electron chi connectivity index (χ4n) is 3.68. The predicted octanol–water partition coefficient (Wildman–Crippen LogP) is 5.56. The summed E-state index contributed by atoms with van der Waals surface area (Å²) in [5.74, 6) is 2.95. The highest BCUT2D eigenvalue weighted by Crippen LogP contribution is 2.39. The molecule has 2 aromatic carbocycles. The molecule has 0 unspecified atom stereocenters. The summed E-state index contributed by atoms with van der Waals surface area (Å²) >= 11 is 0. The highest BCUT2D eigenvalue weighted by atomic mass is 16.5. The highest BCUT2D eigenvalue weighted by Gasteiger charge is 2.29. The Morgan fingerprint density at radius 3 is 2.39 bits per heavy atom. The van der Waals surface area contributed by atoms with Crippen LogP contribution in [-0.4, -0.2) is 36.9 Å². The van der Waals surface area contributed by atoms with Gasteiger partial charge in [-0.15, -0.1) is 0 Å². The van der Waals surface area contributed by atoms with Gasteiger partial charge in [0, 0.05) is 24.2 Å². The van der Waals surface area contributed by atoms with Crippen molar-refractivity contribution in [2.45, 2.75) is 26.7 Å². The van der Waals surface area contributed by atoms with E-state index in [9.17, 15) is 9.90 Å². The molecular weight excluding hydrogens is 396 g/mol. The lowest BCUT2D eigenvalue weighted by molar-refractivity contribution is 0.201. The van der Waals surface area contributed by atoms with Gasteiger partial charge < -0.3 is 19.3 Å². The third-order valence-electron chi connectivity index (χ3n) is 5.80. The molecule has 0 radical (unpaired) electrons. The molecule has 0 atom stereocenters. The van der Waals surface area contributed by atoms with E-state index in [0.29, 0.717) is 41.1 Å². The number of carboxylic acid groups (broad SMARTS) is 1. The molecule has 31 heavy (non-hydrogen) atoms. The Labute approximate surface area is 181 Å². The molecule has 0 aliphatic heterocycles. The standard InChI is InChI=1S/C24H26N2O5/c1-14-15(2)20(8-7-19(14)26(24(27)28)13-16-5-6-16)31-21-9-10-25-18-12-23(30-4)22(29-3)11-17(18)21/h7-12,16H,5-6,13H2,1-4H3,(H,27,28). The molecular formula is C24H26N2O5. The average Bonchev–Trinajstić information content (AvgIpc) is 3.59. The maximum absolute atomic E-state index is 11.8. The first-order valence-electron chi connectivity index (χ1n) is 10.2. The molecule has 1 heterocycles. The number of pyridine rings is 1. The summed E-state index contributed by atoms with van der Waals surface area (Å²) < 4.78 is 17.1. The first-order chi connectivity index (χ1) is 14.9. The van der Waals surface area contributed by atoms with E-state index < -0.39 is 6.09 Å². The van der Waals surface area contributed by atoms with Crippen LogP contribution in [0.5, 0.6) is 23.0 Å². The maximum atomic E-state index is 11.8. The number of nitrogens with zero attached hydrogens (tertiary/aromatic N) is 2. The molecule has 1 N–H and O–H groups in total. The number of hydrogen-bond acceptors (Lipinski definition) is 5. The van der Waals surface area contributed by atoms with Crippen LogP contribution < -0.4 is 19.1 Å². The number of anilines is 1. The van der Waals surface area contributed by atoms with Gasteiger partial charge >= 0.3 is 6.09 Å². The lowest BCUT2D eigenvalue weighted by atomic mass is 10.1. The minimum Gasteiger partial charge on any atom is -0.493 e. The van der Waals surface area contributed by atoms with Gasteiger partial charge in [-0.05, 0) is 68.0 Å². The Morgan fingerprint density at radius 2 is 1.74 bits per heavy atom. The number of benzene rings is 2. The molecule has 1 aromatic heterocycles. The average molecular weight is 422 g/mol. The Hall–Kier alpha value is -3.48. The third kappa shape index (κ3) is 4.08. The van der Waals surface area contributed by atoms with Crippen LogP contribution in [0.25, 0.3) is 10.9 Å². The van der Waals surface area contributed by atoms with Crippen LogP contribution in [0.2, 0.25) is 0 Å². The second-order valence-electron chi connectivity index (χ2n) is 7.80. The smallest absolute Gasteiger partial charge is 0.411 e. The Kier molecular flexibility index (Phi) is 5.59. The maximum Gasteiger partial charge on any atom is 0.411 e. The predicted molar refractivity (Wildman–Crippen MR) is 119 cm³/mol. The zero-order valence-corrected chi connectivity index (χ0v) is 18.1. The molecule has 162 valence electrons. The van der Waals surface area contributed by atoms with Crippen LogP contribution in [0.3, 0.4) is 0 Å². The SMILES string of the molecule is COc1cc2nccc(Oc3ccc(N(CC4CC4)C(=O)O)c(C)c3C)c2cc1OC. The van der Waals surface area contributed by atoms with Crippen LogP contribution in [0.15, 0.2) is 36.5 Å². The van der Waals surface area contributed by atoms with Crippen molar-refractivity contribution in [2.24, 2.45) is 5.92 Å². The number of hydrogen-bond donors (Lipinski definition) is 1. The number of methoxy groups -OCH3 is 2. The quantitative estimate of drug-likeness (QED) is 0.537. The van der Waals surface area contributed by atoms with Gasteiger partial charge in [0.05, 0.1) is 25.4 Å². The van der Waals surface area contributed by atoms with Gasteiger partial charge in [0.1, 0.15) is 11.5 Å². The van der Waals surface area contributed by atoms with Gasteiger partial charge in [-0.1, -0.05) is 0 Å². The molecule has 1 fully saturated rings. The summed E-state index contributed by atoms with van der Waals surface area (Å²) in [5, 5.41) is 10.5. The van der Waals surface area contributed by atoms with Crippen molar-refractivity contribution in [3.63, 3.8) is 0 Å². The molecule has 7 heteroatoms. The molecule has 0 bridgehead atoms. The van der Waals surface area contributed by atoms with Crippen molar-refractivity contribution in [1.82, 2.24) is 4.98 Å². The summed E-state index contributed by atoms with van der Waals surface area (Å²) in [5.41, 5.74) is 3.21. The number of amides is 1. The van der Waals surface area contributed by atoms with Gasteiger partial charge in [0.2, 0.25) is 0 Å². The zero-order valence-electron chi connectivity index (χ0n) is 18.1. The number of carbonyl (C=O) groups is 1. The molecule has 1 aliphatic rings. The van der Waals surface area contributed by atoms with Crippen molar-refractivity contribution in [3.8, 4) is 23.0 Å². The number of fused-ring (bicyclic) bond motifs is 1. The Morgan fingerprint density at radius 1 is 1.03 bits per heavy atom. The summed E-state index contributed by atoms with van der Waals surface area (Å²) in [6, 6.07) is 9.10. The molecule has 1 saturated carbocycles. The monoisotopic (exact) mass is 422 g/mol. The van der Waals surface area contributed by atoms with Crippen molar-refractivity contribution in [2.75, 3.05) is 25.7 Å². The van der Waals surface area contributed by atoms with E-state index in [1.54, 1.807) is 26.5 Å². The van der Waals surface area contributed by atoms with Crippen LogP contribution in [0, 0.1) is 19.8 Å². The summed E-state index contributed by atoms with van der Waals surface area (Å²) in [7, 11) is 3.17. The van der Waals surface area contributed by atoms with E-state index in [1.807, 2.05) is 38.1 Å². The van der Waals surface area contributed by atoms with Crippen molar-refractivity contribution in [1.29, 1.82) is 0 Å². The van der Waals surface area contributed by atoms with Gasteiger partial charge in [0.25, 0.3) is 0 Å². The van der Waals surface area contributed by atoms with E-state index >= 15 is 0 Å². The molecule has 0 saturated heterocycles.